The van der Waals surface area contributed by atoms with Crippen LogP contribution in [0, 0.1) is 17.8 Å². The highest BCUT2D eigenvalue weighted by Gasteiger charge is 2.16. The highest BCUT2D eigenvalue weighted by molar-refractivity contribution is 4.67. The van der Waals surface area contributed by atoms with Crippen LogP contribution in [-0.4, -0.2) is 26.0 Å². The van der Waals surface area contributed by atoms with E-state index in [9.17, 15) is 0 Å². The number of ether oxygens (including phenoxy) is 2. The van der Waals surface area contributed by atoms with E-state index < -0.39 is 0 Å². The third-order valence-corrected chi connectivity index (χ3v) is 2.97. The molecule has 0 aromatic rings. The lowest BCUT2D eigenvalue weighted by molar-refractivity contribution is -0.0128. The summed E-state index contributed by atoms with van der Waals surface area (Å²) in [6.07, 6.45) is 3.92. The van der Waals surface area contributed by atoms with Gasteiger partial charge in [-0.05, 0) is 37.0 Å². The first-order chi connectivity index (χ1) is 8.45. The molecule has 0 radical (unpaired) electrons. The third kappa shape index (κ3) is 11.0. The fraction of sp³-hybridized carbons (Fsp3) is 1.00. The van der Waals surface area contributed by atoms with Crippen molar-refractivity contribution in [2.24, 2.45) is 23.5 Å². The lowest BCUT2D eigenvalue weighted by Crippen LogP contribution is -2.22. The van der Waals surface area contributed by atoms with Gasteiger partial charge < -0.3 is 15.2 Å². The van der Waals surface area contributed by atoms with Crippen molar-refractivity contribution in [1.29, 1.82) is 0 Å². The molecule has 0 fully saturated rings. The molecule has 0 saturated heterocycles. The summed E-state index contributed by atoms with van der Waals surface area (Å²) in [5, 5.41) is 0. The Bertz CT molecular complexity index is 183. The van der Waals surface area contributed by atoms with Crippen LogP contribution in [0.3, 0.4) is 0 Å². The van der Waals surface area contributed by atoms with E-state index in [1.165, 1.54) is 6.42 Å². The Labute approximate surface area is 113 Å². The maximum absolute atomic E-state index is 5.93. The van der Waals surface area contributed by atoms with Gasteiger partial charge >= 0.3 is 0 Å². The number of hydrogen-bond donors (Lipinski definition) is 1. The Hall–Kier alpha value is -0.120. The zero-order valence-corrected chi connectivity index (χ0v) is 12.9. The van der Waals surface area contributed by atoms with Gasteiger partial charge in [0.05, 0.1) is 26.0 Å². The standard InChI is InChI=1S/C15H33NO2/c1-12(2)8-14(5)10-15(9-13(3)4)18-7-6-17-11-16/h12-15H,6-11,16H2,1-5H3. The van der Waals surface area contributed by atoms with Gasteiger partial charge in [0.15, 0.2) is 0 Å². The Morgan fingerprint density at radius 1 is 0.833 bits per heavy atom. The minimum Gasteiger partial charge on any atom is -0.376 e. The van der Waals surface area contributed by atoms with Crippen molar-refractivity contribution in [1.82, 2.24) is 0 Å². The van der Waals surface area contributed by atoms with Crippen molar-refractivity contribution >= 4 is 0 Å². The van der Waals surface area contributed by atoms with Crippen LogP contribution in [0.15, 0.2) is 0 Å². The zero-order chi connectivity index (χ0) is 14.0. The number of rotatable bonds is 11. The summed E-state index contributed by atoms with van der Waals surface area (Å²) in [5.41, 5.74) is 5.28. The van der Waals surface area contributed by atoms with Gasteiger partial charge in [-0.1, -0.05) is 34.6 Å². The molecule has 2 atom stereocenters. The van der Waals surface area contributed by atoms with E-state index in [1.54, 1.807) is 0 Å². The normalized spacial score (nSPS) is 15.3. The summed E-state index contributed by atoms with van der Waals surface area (Å²) in [6, 6.07) is 0. The molecule has 0 aromatic heterocycles. The third-order valence-electron chi connectivity index (χ3n) is 2.97. The minimum absolute atomic E-state index is 0.280. The largest absolute Gasteiger partial charge is 0.376 e. The van der Waals surface area contributed by atoms with Gasteiger partial charge in [0.1, 0.15) is 0 Å². The van der Waals surface area contributed by atoms with Crippen LogP contribution < -0.4 is 5.73 Å². The fourth-order valence-corrected chi connectivity index (χ4v) is 2.46. The Balaban J connectivity index is 3.97. The quantitative estimate of drug-likeness (QED) is 0.457. The van der Waals surface area contributed by atoms with E-state index in [-0.39, 0.29) is 6.73 Å². The van der Waals surface area contributed by atoms with Gasteiger partial charge in [-0.15, -0.1) is 0 Å². The van der Waals surface area contributed by atoms with Gasteiger partial charge in [0.25, 0.3) is 0 Å². The van der Waals surface area contributed by atoms with Crippen molar-refractivity contribution in [3.8, 4) is 0 Å². The molecule has 0 heterocycles. The van der Waals surface area contributed by atoms with Crippen molar-refractivity contribution in [2.45, 2.75) is 60.0 Å². The van der Waals surface area contributed by atoms with Gasteiger partial charge in [-0.25, -0.2) is 0 Å². The molecular weight excluding hydrogens is 226 g/mol. The fourth-order valence-electron chi connectivity index (χ4n) is 2.46. The summed E-state index contributed by atoms with van der Waals surface area (Å²) < 4.78 is 11.0. The second kappa shape index (κ2) is 10.8. The predicted molar refractivity (Wildman–Crippen MR) is 77.4 cm³/mol. The van der Waals surface area contributed by atoms with E-state index in [1.807, 2.05) is 0 Å². The molecule has 0 rings (SSSR count). The SMILES string of the molecule is CC(C)CC(C)CC(CC(C)C)OCCOCN. The molecule has 0 bridgehead atoms. The maximum atomic E-state index is 5.93. The molecule has 0 aromatic carbocycles. The first-order valence-electron chi connectivity index (χ1n) is 7.35. The topological polar surface area (TPSA) is 44.5 Å². The molecule has 0 aliphatic heterocycles. The van der Waals surface area contributed by atoms with Gasteiger partial charge in [0.2, 0.25) is 0 Å². The minimum atomic E-state index is 0.280. The second-order valence-electron chi connectivity index (χ2n) is 6.17. The lowest BCUT2D eigenvalue weighted by atomic mass is 9.91. The van der Waals surface area contributed by atoms with Crippen molar-refractivity contribution in [3.63, 3.8) is 0 Å². The van der Waals surface area contributed by atoms with Crippen molar-refractivity contribution in [3.05, 3.63) is 0 Å². The molecule has 0 saturated carbocycles. The summed E-state index contributed by atoms with van der Waals surface area (Å²) in [4.78, 5) is 0. The maximum Gasteiger partial charge on any atom is 0.0941 e. The summed E-state index contributed by atoms with van der Waals surface area (Å²) >= 11 is 0. The lowest BCUT2D eigenvalue weighted by Gasteiger charge is -2.24. The van der Waals surface area contributed by atoms with E-state index >= 15 is 0 Å². The first kappa shape index (κ1) is 17.9. The number of nitrogens with two attached hydrogens (primary N) is 1. The molecule has 2 N–H and O–H groups in total. The van der Waals surface area contributed by atoms with Gasteiger partial charge in [-0.3, -0.25) is 0 Å². The van der Waals surface area contributed by atoms with Gasteiger partial charge in [-0.2, -0.15) is 0 Å². The molecule has 3 heteroatoms. The summed E-state index contributed by atoms with van der Waals surface area (Å²) in [6.45, 7) is 12.9. The zero-order valence-electron chi connectivity index (χ0n) is 12.9. The average Bonchev–Trinajstić information content (AvgIpc) is 2.22. The highest BCUT2D eigenvalue weighted by atomic mass is 16.5. The van der Waals surface area contributed by atoms with E-state index in [2.05, 4.69) is 34.6 Å². The van der Waals surface area contributed by atoms with Gasteiger partial charge in [0, 0.05) is 0 Å². The molecule has 0 amide bonds. The van der Waals surface area contributed by atoms with Crippen LogP contribution in [-0.2, 0) is 9.47 Å². The van der Waals surface area contributed by atoms with E-state index in [4.69, 9.17) is 15.2 Å². The van der Waals surface area contributed by atoms with Crippen LogP contribution in [0.1, 0.15) is 53.9 Å². The molecule has 0 spiro atoms. The van der Waals surface area contributed by atoms with Crippen molar-refractivity contribution in [2.75, 3.05) is 19.9 Å². The summed E-state index contributed by atoms with van der Waals surface area (Å²) in [5.74, 6) is 2.17. The van der Waals surface area contributed by atoms with Crippen LogP contribution in [0.4, 0.5) is 0 Å². The van der Waals surface area contributed by atoms with Crippen LogP contribution in [0.2, 0.25) is 0 Å². The molecule has 3 nitrogen and oxygen atoms in total. The van der Waals surface area contributed by atoms with Crippen LogP contribution in [0.5, 0.6) is 0 Å². The molecule has 0 aliphatic carbocycles. The average molecular weight is 259 g/mol. The van der Waals surface area contributed by atoms with Crippen LogP contribution in [0.25, 0.3) is 0 Å². The second-order valence-corrected chi connectivity index (χ2v) is 6.17. The molecule has 110 valence electrons. The van der Waals surface area contributed by atoms with E-state index in [0.29, 0.717) is 25.2 Å². The number of hydrogen-bond acceptors (Lipinski definition) is 3. The molecule has 0 aliphatic rings. The smallest absolute Gasteiger partial charge is 0.0941 e. The molecule has 2 unspecified atom stereocenters. The first-order valence-corrected chi connectivity index (χ1v) is 7.35. The Morgan fingerprint density at radius 3 is 1.94 bits per heavy atom. The Morgan fingerprint density at radius 2 is 1.44 bits per heavy atom. The molecular formula is C15H33NO2. The predicted octanol–water partition coefficient (Wildman–Crippen LogP) is 3.42. The highest BCUT2D eigenvalue weighted by Crippen LogP contribution is 2.21. The molecule has 18 heavy (non-hydrogen) atoms. The van der Waals surface area contributed by atoms with Crippen molar-refractivity contribution < 1.29 is 9.47 Å². The van der Waals surface area contributed by atoms with Crippen LogP contribution >= 0.6 is 0 Å². The van der Waals surface area contributed by atoms with E-state index in [0.717, 1.165) is 24.7 Å². The monoisotopic (exact) mass is 259 g/mol. The summed E-state index contributed by atoms with van der Waals surface area (Å²) in [7, 11) is 0. The Kier molecular flexibility index (Phi) is 10.7.